The zero-order chi connectivity index (χ0) is 5.70. The molecule has 37 valence electrons. The van der Waals surface area contributed by atoms with Crippen LogP contribution in [0.2, 0.25) is 0 Å². The summed E-state index contributed by atoms with van der Waals surface area (Å²) in [7, 11) is 0. The number of hydrogen-bond acceptors (Lipinski definition) is 3. The lowest BCUT2D eigenvalue weighted by Gasteiger charge is -1.68. The molecule has 0 atom stereocenters. The van der Waals surface area contributed by atoms with Gasteiger partial charge in [0.15, 0.2) is 18.2 Å². The first kappa shape index (κ1) is 5.81. The third kappa shape index (κ3) is 1.64. The summed E-state index contributed by atoms with van der Waals surface area (Å²) in [6.45, 7) is 0. The monoisotopic (exact) mass is 100 g/mol. The van der Waals surface area contributed by atoms with Crippen LogP contribution >= 0.6 is 0 Å². The highest BCUT2D eigenvalue weighted by atomic mass is 16.3. The minimum absolute atomic E-state index is 0.0972. The zero-order valence-corrected chi connectivity index (χ0v) is 3.33. The Morgan fingerprint density at radius 1 is 1.57 bits per heavy atom. The van der Waals surface area contributed by atoms with Crippen molar-refractivity contribution in [1.29, 1.82) is 0 Å². The second-order valence-electron chi connectivity index (χ2n) is 0.752. The van der Waals surface area contributed by atoms with E-state index in [1.54, 1.807) is 0 Å². The number of allylic oxidation sites excluding steroid dienone is 1. The summed E-state index contributed by atoms with van der Waals surface area (Å²) >= 11 is 0. The molecule has 0 heterocycles. The van der Waals surface area contributed by atoms with Gasteiger partial charge in [0.1, 0.15) is 0 Å². The van der Waals surface area contributed by atoms with Gasteiger partial charge in [-0.25, -0.2) is 0 Å². The van der Waals surface area contributed by atoms with Crippen molar-refractivity contribution in [2.75, 3.05) is 0 Å². The highest BCUT2D eigenvalue weighted by Crippen LogP contribution is 1.84. The summed E-state index contributed by atoms with van der Waals surface area (Å²) in [6.07, 6.45) is 0.194. The number of nitrogens with zero attached hydrogens (tertiary/aromatic N) is 1. The Morgan fingerprint density at radius 3 is 2.14 bits per heavy atom. The van der Waals surface area contributed by atoms with Crippen LogP contribution in [-0.4, -0.2) is 6.29 Å². The van der Waals surface area contributed by atoms with Crippen LogP contribution in [0, 0.1) is 4.91 Å². The van der Waals surface area contributed by atoms with E-state index in [-0.39, 0.29) is 12.5 Å². The summed E-state index contributed by atoms with van der Waals surface area (Å²) in [5.41, 5.74) is -0.611. The molecule has 0 aromatic carbocycles. The van der Waals surface area contributed by atoms with Crippen LogP contribution in [0.5, 0.6) is 0 Å². The second-order valence-corrected chi connectivity index (χ2v) is 0.752. The molecular formula is C3H2NO3. The Kier molecular flexibility index (Phi) is 2.50. The smallest absolute Gasteiger partial charge is 0.187 e. The minimum Gasteiger partial charge on any atom is -0.296 e. The molecule has 0 spiro atoms. The Bertz CT molecular complexity index is 96.7. The Labute approximate surface area is 39.4 Å². The third-order valence-corrected chi connectivity index (χ3v) is 0.347. The number of carbonyl (C=O) groups is 1. The lowest BCUT2D eigenvalue weighted by molar-refractivity contribution is -0.105. The maximum absolute atomic E-state index is 9.41. The fraction of sp³-hybridized carbons (Fsp3) is 0. The molecule has 0 amide bonds. The molecule has 0 bridgehead atoms. The first-order chi connectivity index (χ1) is 3.35. The van der Waals surface area contributed by atoms with Crippen LogP contribution in [0.3, 0.4) is 0 Å². The predicted octanol–water partition coefficient (Wildman–Crippen LogP) is 0.224. The fourth-order valence-corrected chi connectivity index (χ4v) is 0.0708. The number of aldehydes is 1. The van der Waals surface area contributed by atoms with Crippen molar-refractivity contribution in [3.8, 4) is 0 Å². The van der Waals surface area contributed by atoms with Crippen molar-refractivity contribution in [2.24, 2.45) is 5.18 Å². The Hall–Kier alpha value is -1.19. The summed E-state index contributed by atoms with van der Waals surface area (Å²) in [4.78, 5) is 18.6. The SMILES string of the molecule is [O]C=C(C=O)N=O. The van der Waals surface area contributed by atoms with Gasteiger partial charge in [0.25, 0.3) is 0 Å². The van der Waals surface area contributed by atoms with Crippen molar-refractivity contribution in [3.63, 3.8) is 0 Å². The van der Waals surface area contributed by atoms with Gasteiger partial charge in [-0.1, -0.05) is 0 Å². The molecule has 0 aliphatic rings. The topological polar surface area (TPSA) is 66.4 Å². The van der Waals surface area contributed by atoms with Crippen LogP contribution in [0.1, 0.15) is 0 Å². The van der Waals surface area contributed by atoms with E-state index >= 15 is 0 Å². The third-order valence-electron chi connectivity index (χ3n) is 0.347. The van der Waals surface area contributed by atoms with E-state index in [9.17, 15) is 14.8 Å². The molecule has 0 aromatic rings. The van der Waals surface area contributed by atoms with Crippen LogP contribution < -0.4 is 0 Å². The molecule has 1 radical (unpaired) electrons. The molecule has 0 aromatic heterocycles. The summed E-state index contributed by atoms with van der Waals surface area (Å²) < 4.78 is 0. The van der Waals surface area contributed by atoms with Gasteiger partial charge in [0.05, 0.1) is 0 Å². The molecule has 0 saturated carbocycles. The van der Waals surface area contributed by atoms with Crippen LogP contribution in [-0.2, 0) is 9.90 Å². The molecule has 7 heavy (non-hydrogen) atoms. The molecule has 0 aliphatic heterocycles. The van der Waals surface area contributed by atoms with Crippen molar-refractivity contribution in [3.05, 3.63) is 16.9 Å². The number of hydrogen-bond donors (Lipinski definition) is 0. The van der Waals surface area contributed by atoms with E-state index in [0.29, 0.717) is 0 Å². The minimum atomic E-state index is -0.611. The van der Waals surface area contributed by atoms with E-state index < -0.39 is 5.70 Å². The Balaban J connectivity index is 3.85. The zero-order valence-electron chi connectivity index (χ0n) is 3.33. The maximum atomic E-state index is 9.41. The van der Waals surface area contributed by atoms with E-state index in [0.717, 1.165) is 0 Å². The molecule has 0 rings (SSSR count). The summed E-state index contributed by atoms with van der Waals surface area (Å²) in [5, 5.41) is 11.5. The number of carbonyl (C=O) groups excluding carboxylic acids is 1. The first-order valence-corrected chi connectivity index (χ1v) is 1.45. The van der Waals surface area contributed by atoms with Gasteiger partial charge in [-0.05, 0) is 5.18 Å². The fourth-order valence-electron chi connectivity index (χ4n) is 0.0708. The van der Waals surface area contributed by atoms with E-state index in [4.69, 9.17) is 0 Å². The summed E-state index contributed by atoms with van der Waals surface area (Å²) in [5.74, 6) is 0. The normalized spacial score (nSPS) is 10.6. The molecule has 0 fully saturated rings. The molecule has 4 nitrogen and oxygen atoms in total. The van der Waals surface area contributed by atoms with Crippen molar-refractivity contribution >= 4 is 6.29 Å². The lowest BCUT2D eigenvalue weighted by Crippen LogP contribution is -1.73. The molecular weight excluding hydrogens is 98.0 g/mol. The van der Waals surface area contributed by atoms with Gasteiger partial charge < -0.3 is 0 Å². The lowest BCUT2D eigenvalue weighted by atomic mass is 10.6. The van der Waals surface area contributed by atoms with Crippen LogP contribution in [0.4, 0.5) is 0 Å². The Morgan fingerprint density at radius 2 is 2.14 bits per heavy atom. The summed E-state index contributed by atoms with van der Waals surface area (Å²) in [6, 6.07) is 0. The highest BCUT2D eigenvalue weighted by molar-refractivity contribution is 5.71. The van der Waals surface area contributed by atoms with Gasteiger partial charge >= 0.3 is 0 Å². The van der Waals surface area contributed by atoms with E-state index in [1.807, 2.05) is 0 Å². The highest BCUT2D eigenvalue weighted by Gasteiger charge is 1.88. The van der Waals surface area contributed by atoms with Crippen LogP contribution in [0.15, 0.2) is 17.1 Å². The quantitative estimate of drug-likeness (QED) is 0.215. The predicted molar refractivity (Wildman–Crippen MR) is 20.6 cm³/mol. The van der Waals surface area contributed by atoms with Gasteiger partial charge in [-0.15, -0.1) is 4.91 Å². The molecule has 0 saturated heterocycles. The van der Waals surface area contributed by atoms with Crippen molar-refractivity contribution in [1.82, 2.24) is 0 Å². The van der Waals surface area contributed by atoms with E-state index in [1.165, 1.54) is 0 Å². The average Bonchev–Trinajstić information content (AvgIpc) is 1.72. The van der Waals surface area contributed by atoms with Crippen molar-refractivity contribution in [2.45, 2.75) is 0 Å². The van der Waals surface area contributed by atoms with Gasteiger partial charge in [0, 0.05) is 0 Å². The molecule has 0 N–H and O–H groups in total. The van der Waals surface area contributed by atoms with E-state index in [2.05, 4.69) is 5.18 Å². The number of rotatable bonds is 2. The largest absolute Gasteiger partial charge is 0.296 e. The average molecular weight is 100 g/mol. The number of nitroso groups, excluding NO2 is 1. The van der Waals surface area contributed by atoms with Crippen LogP contribution in [0.25, 0.3) is 0 Å². The first-order valence-electron chi connectivity index (χ1n) is 1.45. The molecule has 0 aliphatic carbocycles. The standard InChI is InChI=1S/C3H2NO3/c5-1-3(2-6)4-7/h1-2H. The van der Waals surface area contributed by atoms with Gasteiger partial charge in [0.2, 0.25) is 0 Å². The second kappa shape index (κ2) is 3.02. The van der Waals surface area contributed by atoms with Gasteiger partial charge in [-0.2, -0.15) is 0 Å². The van der Waals surface area contributed by atoms with Gasteiger partial charge in [-0.3, -0.25) is 9.90 Å². The molecule has 0 unspecified atom stereocenters. The maximum Gasteiger partial charge on any atom is 0.187 e. The molecule has 4 heteroatoms. The van der Waals surface area contributed by atoms with Crippen molar-refractivity contribution < 1.29 is 9.90 Å².